The minimum Gasteiger partial charge on any atom is -0.444 e. The largest absolute Gasteiger partial charge is 0.444 e. The van der Waals surface area contributed by atoms with E-state index >= 15 is 0 Å². The predicted octanol–water partition coefficient (Wildman–Crippen LogP) is 5.23. The molecule has 0 radical (unpaired) electrons. The van der Waals surface area contributed by atoms with Crippen molar-refractivity contribution in [3.8, 4) is 6.07 Å². The smallest absolute Gasteiger partial charge is 0.408 e. The van der Waals surface area contributed by atoms with Gasteiger partial charge in [0.25, 0.3) is 5.69 Å². The van der Waals surface area contributed by atoms with Gasteiger partial charge in [-0.05, 0) is 38.5 Å². The molecule has 2 aromatic rings. The van der Waals surface area contributed by atoms with Crippen molar-refractivity contribution in [2.75, 3.05) is 0 Å². The molecule has 7 nitrogen and oxygen atoms in total. The summed E-state index contributed by atoms with van der Waals surface area (Å²) in [6.07, 6.45) is -0.712. The molecule has 28 heavy (non-hydrogen) atoms. The number of nitrogens with zero attached hydrogens (tertiary/aromatic N) is 2. The van der Waals surface area contributed by atoms with Crippen LogP contribution < -0.4 is 5.32 Å². The number of ether oxygens (including phenoxy) is 1. The molecule has 0 aromatic heterocycles. The summed E-state index contributed by atoms with van der Waals surface area (Å²) in [7, 11) is 0. The summed E-state index contributed by atoms with van der Waals surface area (Å²) < 4.78 is 6.07. The van der Waals surface area contributed by atoms with Crippen molar-refractivity contribution in [1.82, 2.24) is 5.32 Å². The minimum absolute atomic E-state index is 0.181. The van der Waals surface area contributed by atoms with Crippen molar-refractivity contribution in [3.63, 3.8) is 0 Å². The molecular weight excluding hydrogens is 426 g/mol. The first-order chi connectivity index (χ1) is 13.1. The minimum atomic E-state index is -0.997. The van der Waals surface area contributed by atoms with Crippen molar-refractivity contribution in [2.24, 2.45) is 0 Å². The normalized spacial score (nSPS) is 13.1. The maximum atomic E-state index is 12.4. The van der Waals surface area contributed by atoms with Gasteiger partial charge < -0.3 is 10.1 Å². The number of hydrogen-bond acceptors (Lipinski definition) is 5. The van der Waals surface area contributed by atoms with Crippen LogP contribution in [0.15, 0.2) is 53.0 Å². The number of nitro benzene ring substituents is 1. The topological polar surface area (TPSA) is 105 Å². The van der Waals surface area contributed by atoms with Gasteiger partial charge in [-0.3, -0.25) is 10.1 Å². The lowest BCUT2D eigenvalue weighted by Crippen LogP contribution is -2.37. The van der Waals surface area contributed by atoms with Gasteiger partial charge in [-0.1, -0.05) is 46.3 Å². The van der Waals surface area contributed by atoms with Crippen LogP contribution in [-0.2, 0) is 4.74 Å². The molecule has 0 spiro atoms. The number of para-hydroxylation sites is 1. The standard InChI is InChI=1S/C20H20BrN3O4/c1-20(2,3)28-19(25)23-18(13-7-6-8-14(21)11-13)16(12-22)15-9-4-5-10-17(15)24(26)27/h4-11,16,18H,1-3H3,(H,23,25)/t16-,18-/m1/s1. The number of amides is 1. The van der Waals surface area contributed by atoms with Crippen molar-refractivity contribution in [1.29, 1.82) is 5.26 Å². The highest BCUT2D eigenvalue weighted by atomic mass is 79.9. The van der Waals surface area contributed by atoms with E-state index in [4.69, 9.17) is 4.74 Å². The average molecular weight is 446 g/mol. The maximum Gasteiger partial charge on any atom is 0.408 e. The van der Waals surface area contributed by atoms with Crippen LogP contribution in [0.2, 0.25) is 0 Å². The van der Waals surface area contributed by atoms with E-state index in [0.29, 0.717) is 5.56 Å². The summed E-state index contributed by atoms with van der Waals surface area (Å²) >= 11 is 3.38. The van der Waals surface area contributed by atoms with E-state index in [2.05, 4.69) is 27.3 Å². The number of alkyl carbamates (subject to hydrolysis) is 1. The highest BCUT2D eigenvalue weighted by molar-refractivity contribution is 9.10. The SMILES string of the molecule is CC(C)(C)OC(=O)N[C@H](c1cccc(Br)c1)[C@H](C#N)c1ccccc1[N+](=O)[O-]. The number of carbonyl (C=O) groups is 1. The van der Waals surface area contributed by atoms with Crippen molar-refractivity contribution < 1.29 is 14.5 Å². The first kappa shape index (κ1) is 21.4. The molecular formula is C20H20BrN3O4. The van der Waals surface area contributed by atoms with Crippen LogP contribution in [0.4, 0.5) is 10.5 Å². The summed E-state index contributed by atoms with van der Waals surface area (Å²) in [5, 5.41) is 24.0. The van der Waals surface area contributed by atoms with Gasteiger partial charge in [0, 0.05) is 16.1 Å². The van der Waals surface area contributed by atoms with Crippen LogP contribution in [0, 0.1) is 21.4 Å². The molecule has 0 unspecified atom stereocenters. The highest BCUT2D eigenvalue weighted by Crippen LogP contribution is 2.36. The Morgan fingerprint density at radius 3 is 2.50 bits per heavy atom. The predicted molar refractivity (Wildman–Crippen MR) is 108 cm³/mol. The summed E-state index contributed by atoms with van der Waals surface area (Å²) in [5.74, 6) is -0.997. The number of carbonyl (C=O) groups excluding carboxylic acids is 1. The van der Waals surface area contributed by atoms with E-state index in [0.717, 1.165) is 4.47 Å². The number of benzene rings is 2. The van der Waals surface area contributed by atoms with E-state index in [1.165, 1.54) is 18.2 Å². The molecule has 8 heteroatoms. The third kappa shape index (κ3) is 5.54. The first-order valence-corrected chi connectivity index (χ1v) is 9.29. The molecule has 146 valence electrons. The van der Waals surface area contributed by atoms with Gasteiger partial charge in [-0.2, -0.15) is 5.26 Å². The van der Waals surface area contributed by atoms with Crippen LogP contribution >= 0.6 is 15.9 Å². The molecule has 0 fully saturated rings. The third-order valence-corrected chi connectivity index (χ3v) is 4.31. The zero-order chi connectivity index (χ0) is 20.9. The van der Waals surface area contributed by atoms with Crippen molar-refractivity contribution in [3.05, 3.63) is 74.2 Å². The summed E-state index contributed by atoms with van der Waals surface area (Å²) in [5.41, 5.74) is -0.0757. The third-order valence-electron chi connectivity index (χ3n) is 3.82. The molecule has 0 aliphatic rings. The van der Waals surface area contributed by atoms with Gasteiger partial charge in [-0.25, -0.2) is 4.79 Å². The van der Waals surface area contributed by atoms with E-state index < -0.39 is 28.6 Å². The Morgan fingerprint density at radius 1 is 1.25 bits per heavy atom. The van der Waals surface area contributed by atoms with Crippen LogP contribution in [-0.4, -0.2) is 16.6 Å². The molecule has 0 aliphatic heterocycles. The van der Waals surface area contributed by atoms with Crippen LogP contribution in [0.25, 0.3) is 0 Å². The van der Waals surface area contributed by atoms with Gasteiger partial charge in [-0.15, -0.1) is 0 Å². The molecule has 0 aliphatic carbocycles. The zero-order valence-corrected chi connectivity index (χ0v) is 17.3. The molecule has 2 atom stereocenters. The summed E-state index contributed by atoms with van der Waals surface area (Å²) in [6, 6.07) is 14.3. The maximum absolute atomic E-state index is 12.4. The van der Waals surface area contributed by atoms with Crippen LogP contribution in [0.3, 0.4) is 0 Å². The Hall–Kier alpha value is -2.92. The van der Waals surface area contributed by atoms with Gasteiger partial charge >= 0.3 is 6.09 Å². The molecule has 0 saturated heterocycles. The van der Waals surface area contributed by atoms with Crippen molar-refractivity contribution >= 4 is 27.7 Å². The fraction of sp³-hybridized carbons (Fsp3) is 0.300. The first-order valence-electron chi connectivity index (χ1n) is 8.50. The number of halogens is 1. The Balaban J connectivity index is 2.52. The molecule has 2 rings (SSSR count). The van der Waals surface area contributed by atoms with Crippen LogP contribution in [0.1, 0.15) is 43.9 Å². The lowest BCUT2D eigenvalue weighted by molar-refractivity contribution is -0.385. The highest BCUT2D eigenvalue weighted by Gasteiger charge is 2.32. The molecule has 0 saturated carbocycles. The Kier molecular flexibility index (Phi) is 6.75. The molecule has 2 aromatic carbocycles. The zero-order valence-electron chi connectivity index (χ0n) is 15.7. The Morgan fingerprint density at radius 2 is 1.93 bits per heavy atom. The molecule has 0 bridgehead atoms. The van der Waals surface area contributed by atoms with Crippen molar-refractivity contribution in [2.45, 2.75) is 38.3 Å². The van der Waals surface area contributed by atoms with Gasteiger partial charge in [0.15, 0.2) is 0 Å². The lowest BCUT2D eigenvalue weighted by Gasteiger charge is -2.26. The van der Waals surface area contributed by atoms with E-state index in [1.807, 2.05) is 0 Å². The van der Waals surface area contributed by atoms with Crippen LogP contribution in [0.5, 0.6) is 0 Å². The second kappa shape index (κ2) is 8.85. The van der Waals surface area contributed by atoms with Gasteiger partial charge in [0.05, 0.1) is 17.0 Å². The van der Waals surface area contributed by atoms with Gasteiger partial charge in [0.2, 0.25) is 0 Å². The summed E-state index contributed by atoms with van der Waals surface area (Å²) in [4.78, 5) is 23.3. The number of rotatable bonds is 5. The number of hydrogen-bond donors (Lipinski definition) is 1. The molecule has 0 heterocycles. The van der Waals surface area contributed by atoms with E-state index in [1.54, 1.807) is 51.1 Å². The van der Waals surface area contributed by atoms with E-state index in [9.17, 15) is 20.2 Å². The average Bonchev–Trinajstić information content (AvgIpc) is 2.60. The van der Waals surface area contributed by atoms with E-state index in [-0.39, 0.29) is 11.3 Å². The number of nitriles is 1. The fourth-order valence-electron chi connectivity index (χ4n) is 2.73. The lowest BCUT2D eigenvalue weighted by atomic mass is 9.87. The Labute approximate surface area is 171 Å². The molecule has 1 amide bonds. The fourth-order valence-corrected chi connectivity index (χ4v) is 3.15. The summed E-state index contributed by atoms with van der Waals surface area (Å²) in [6.45, 7) is 5.18. The molecule has 1 N–H and O–H groups in total. The number of nitro groups is 1. The monoisotopic (exact) mass is 445 g/mol. The van der Waals surface area contributed by atoms with Gasteiger partial charge in [0.1, 0.15) is 11.5 Å². The second-order valence-electron chi connectivity index (χ2n) is 7.10. The second-order valence-corrected chi connectivity index (χ2v) is 8.02. The number of nitrogens with one attached hydrogen (secondary N) is 1. The Bertz CT molecular complexity index is 918. The quantitative estimate of drug-likeness (QED) is 0.500.